The Morgan fingerprint density at radius 1 is 1.44 bits per heavy atom. The van der Waals surface area contributed by atoms with E-state index >= 15 is 0 Å². The van der Waals surface area contributed by atoms with E-state index in [4.69, 9.17) is 10.6 Å². The summed E-state index contributed by atoms with van der Waals surface area (Å²) in [5, 5.41) is 17.6. The summed E-state index contributed by atoms with van der Waals surface area (Å²) in [7, 11) is 1.30. The summed E-state index contributed by atoms with van der Waals surface area (Å²) < 4.78 is 0. The number of fused-ring (bicyclic) bond motifs is 1. The van der Waals surface area contributed by atoms with Gasteiger partial charge in [0.25, 0.3) is 11.8 Å². The van der Waals surface area contributed by atoms with Crippen LogP contribution < -0.4 is 16.0 Å². The van der Waals surface area contributed by atoms with Crippen molar-refractivity contribution in [2.45, 2.75) is 37.2 Å². The van der Waals surface area contributed by atoms with E-state index in [0.29, 0.717) is 5.75 Å². The predicted octanol–water partition coefficient (Wildman–Crippen LogP) is -1.12. The number of carbonyl (C=O) groups is 3. The van der Waals surface area contributed by atoms with Crippen molar-refractivity contribution in [3.63, 3.8) is 0 Å². The lowest BCUT2D eigenvalue weighted by atomic mass is 9.99. The van der Waals surface area contributed by atoms with Crippen molar-refractivity contribution < 1.29 is 29.2 Å². The number of carbonyl (C=O) groups excluding carboxylic acids is 2. The first-order valence-electron chi connectivity index (χ1n) is 10.2. The van der Waals surface area contributed by atoms with Crippen LogP contribution in [-0.4, -0.2) is 81.9 Å². The van der Waals surface area contributed by atoms with Gasteiger partial charge in [0.15, 0.2) is 10.8 Å². The molecule has 13 heteroatoms. The molecular weight excluding hydrogens is 456 g/mol. The number of aliphatic carboxylic acids is 1. The number of carboxylic acid groups (broad SMARTS) is 1. The lowest BCUT2D eigenvalue weighted by Gasteiger charge is -2.50. The molecule has 1 aromatic rings. The molecule has 0 spiro atoms. The molecule has 0 radical (unpaired) electrons. The van der Waals surface area contributed by atoms with Crippen molar-refractivity contribution in [2.75, 3.05) is 31.7 Å². The van der Waals surface area contributed by atoms with E-state index < -0.39 is 29.2 Å². The molecule has 3 atom stereocenters. The molecule has 11 nitrogen and oxygen atoms in total. The zero-order chi connectivity index (χ0) is 23.0. The van der Waals surface area contributed by atoms with Gasteiger partial charge in [-0.2, -0.15) is 0 Å². The summed E-state index contributed by atoms with van der Waals surface area (Å²) in [4.78, 5) is 49.3. The molecule has 0 aromatic carbocycles. The van der Waals surface area contributed by atoms with E-state index in [-0.39, 0.29) is 28.3 Å². The normalized spacial score (nSPS) is 24.8. The maximum atomic E-state index is 12.9. The van der Waals surface area contributed by atoms with Crippen LogP contribution in [0.3, 0.4) is 0 Å². The number of anilines is 1. The highest BCUT2D eigenvalue weighted by Crippen LogP contribution is 2.41. The van der Waals surface area contributed by atoms with Crippen molar-refractivity contribution >= 4 is 51.7 Å². The number of aromatic nitrogens is 1. The minimum Gasteiger partial charge on any atom is -0.477 e. The summed E-state index contributed by atoms with van der Waals surface area (Å²) in [5.74, 6) is -1.72. The van der Waals surface area contributed by atoms with Gasteiger partial charge < -0.3 is 25.9 Å². The van der Waals surface area contributed by atoms with Crippen LogP contribution in [0.25, 0.3) is 0 Å². The van der Waals surface area contributed by atoms with Crippen LogP contribution >= 0.6 is 23.1 Å². The lowest BCUT2D eigenvalue weighted by Crippen LogP contribution is -3.13. The molecule has 5 N–H and O–H groups in total. The first kappa shape index (κ1) is 22.6. The monoisotopic (exact) mass is 481 g/mol. The number of nitrogens with one attached hydrogen (secondary N) is 2. The molecule has 3 aliphatic rings. The van der Waals surface area contributed by atoms with Crippen LogP contribution in [0.2, 0.25) is 0 Å². The Morgan fingerprint density at radius 3 is 2.75 bits per heavy atom. The molecule has 0 aliphatic carbocycles. The number of amides is 2. The van der Waals surface area contributed by atoms with Crippen molar-refractivity contribution in [1.82, 2.24) is 15.2 Å². The highest BCUT2D eigenvalue weighted by molar-refractivity contribution is 8.00. The summed E-state index contributed by atoms with van der Waals surface area (Å²) >= 11 is 2.61. The van der Waals surface area contributed by atoms with E-state index in [1.54, 1.807) is 5.38 Å². The number of nitrogens with zero attached hydrogens (tertiary/aromatic N) is 3. The molecule has 2 saturated heterocycles. The van der Waals surface area contributed by atoms with Crippen molar-refractivity contribution in [2.24, 2.45) is 5.16 Å². The number of quaternary nitrogens is 1. The third-order valence-electron chi connectivity index (χ3n) is 6.03. The standard InChI is InChI=1S/C19H24N6O5S2/c1-9(24-5-3-4-6-24)10-7-31-17-13(16(27)25(17)14(10)18(28)29)22-15(26)12(23-30-2)11-8-32-19(20)21-11/h8-9,13,17H,3-7H2,1-2H3,(H2,20,21)(H,22,26)(H,28,29)/p+1/t9?,13-,17-/m1/s1. The number of hydrogen-bond donors (Lipinski definition) is 4. The number of oxime groups is 1. The highest BCUT2D eigenvalue weighted by Gasteiger charge is 2.55. The second-order valence-corrected chi connectivity index (χ2v) is 9.82. The second kappa shape index (κ2) is 9.08. The van der Waals surface area contributed by atoms with Gasteiger partial charge in [0.1, 0.15) is 36.0 Å². The van der Waals surface area contributed by atoms with Crippen LogP contribution in [0.4, 0.5) is 5.13 Å². The first-order valence-corrected chi connectivity index (χ1v) is 12.1. The van der Waals surface area contributed by atoms with Crippen LogP contribution in [0.15, 0.2) is 21.8 Å². The Balaban J connectivity index is 1.53. The number of nitrogen functional groups attached to an aromatic ring is 1. The largest absolute Gasteiger partial charge is 0.477 e. The molecule has 0 saturated carbocycles. The molecule has 1 aromatic heterocycles. The van der Waals surface area contributed by atoms with Crippen LogP contribution in [0, 0.1) is 0 Å². The minimum absolute atomic E-state index is 0.0223. The Labute approximate surface area is 192 Å². The van der Waals surface area contributed by atoms with Crippen molar-refractivity contribution in [3.05, 3.63) is 22.3 Å². The van der Waals surface area contributed by atoms with Gasteiger partial charge in [0.2, 0.25) is 0 Å². The van der Waals surface area contributed by atoms with Gasteiger partial charge in [0, 0.05) is 29.5 Å². The molecule has 2 amide bonds. The van der Waals surface area contributed by atoms with Crippen LogP contribution in [0.5, 0.6) is 0 Å². The number of rotatable bonds is 7. The summed E-state index contributed by atoms with van der Waals surface area (Å²) in [6.07, 6.45) is 2.25. The second-order valence-electron chi connectivity index (χ2n) is 7.82. The lowest BCUT2D eigenvalue weighted by molar-refractivity contribution is -0.905. The predicted molar refractivity (Wildman–Crippen MR) is 119 cm³/mol. The fourth-order valence-electron chi connectivity index (χ4n) is 4.38. The van der Waals surface area contributed by atoms with Gasteiger partial charge >= 0.3 is 5.97 Å². The zero-order valence-corrected chi connectivity index (χ0v) is 19.3. The first-order chi connectivity index (χ1) is 15.3. The molecule has 0 bridgehead atoms. The van der Waals surface area contributed by atoms with Crippen LogP contribution in [0.1, 0.15) is 25.5 Å². The Bertz CT molecular complexity index is 1000. The Hall–Kier alpha value is -2.64. The minimum atomic E-state index is -1.12. The van der Waals surface area contributed by atoms with Gasteiger partial charge in [-0.25, -0.2) is 9.78 Å². The summed E-state index contributed by atoms with van der Waals surface area (Å²) in [6, 6.07) is -0.843. The highest BCUT2D eigenvalue weighted by atomic mass is 32.2. The van der Waals surface area contributed by atoms with E-state index in [0.717, 1.165) is 42.8 Å². The van der Waals surface area contributed by atoms with Crippen molar-refractivity contribution in [1.29, 1.82) is 0 Å². The molecule has 4 rings (SSSR count). The number of carboxylic acids is 1. The maximum absolute atomic E-state index is 12.9. The molecular formula is C19H25N6O5S2+. The molecule has 3 aliphatic heterocycles. The number of hydrogen-bond acceptors (Lipinski definition) is 9. The fourth-order valence-corrected chi connectivity index (χ4v) is 6.40. The Kier molecular flexibility index (Phi) is 6.40. The SMILES string of the molecule is CON=C(C(=O)N[C@@H]1C(=O)N2C(C(=O)O)=C(C(C)[NH+]3CCCC3)CS[C@H]12)c1csc(N)n1. The fraction of sp³-hybridized carbons (Fsp3) is 0.526. The smallest absolute Gasteiger partial charge is 0.352 e. The van der Waals surface area contributed by atoms with Crippen LogP contribution in [-0.2, 0) is 19.2 Å². The van der Waals surface area contributed by atoms with Gasteiger partial charge in [-0.15, -0.1) is 23.1 Å². The third-order valence-corrected chi connectivity index (χ3v) is 8.01. The quantitative estimate of drug-likeness (QED) is 0.217. The molecule has 1 unspecified atom stereocenters. The topological polar surface area (TPSA) is 152 Å². The van der Waals surface area contributed by atoms with Gasteiger partial charge in [-0.1, -0.05) is 5.16 Å². The van der Waals surface area contributed by atoms with Gasteiger partial charge in [-0.05, 0) is 6.92 Å². The molecule has 32 heavy (non-hydrogen) atoms. The average Bonchev–Trinajstić information content (AvgIpc) is 3.46. The molecule has 2 fully saturated rings. The van der Waals surface area contributed by atoms with E-state index in [1.807, 2.05) is 6.92 Å². The Morgan fingerprint density at radius 2 is 2.16 bits per heavy atom. The number of thioether (sulfide) groups is 1. The van der Waals surface area contributed by atoms with Gasteiger partial charge in [0.05, 0.1) is 13.1 Å². The van der Waals surface area contributed by atoms with E-state index in [1.165, 1.54) is 28.7 Å². The van der Waals surface area contributed by atoms with E-state index in [9.17, 15) is 19.5 Å². The number of likely N-dealkylation sites (tertiary alicyclic amines) is 1. The molecule has 172 valence electrons. The number of β-lactam (4-membered cyclic amide) rings is 1. The summed E-state index contributed by atoms with van der Waals surface area (Å²) in [5.41, 5.74) is 6.60. The number of nitrogens with two attached hydrogens (primary N) is 1. The zero-order valence-electron chi connectivity index (χ0n) is 17.7. The van der Waals surface area contributed by atoms with Gasteiger partial charge in [-0.3, -0.25) is 14.5 Å². The average molecular weight is 482 g/mol. The number of thiazole rings is 1. The van der Waals surface area contributed by atoms with Crippen molar-refractivity contribution in [3.8, 4) is 0 Å². The maximum Gasteiger partial charge on any atom is 0.352 e. The third kappa shape index (κ3) is 3.95. The molecule has 4 heterocycles. The van der Waals surface area contributed by atoms with E-state index in [2.05, 4.69) is 15.5 Å². The summed E-state index contributed by atoms with van der Waals surface area (Å²) in [6.45, 7) is 4.03.